The first-order valence-corrected chi connectivity index (χ1v) is 4.27. The van der Waals surface area contributed by atoms with Crippen molar-refractivity contribution in [3.63, 3.8) is 0 Å². The van der Waals surface area contributed by atoms with E-state index >= 15 is 0 Å². The maximum absolute atomic E-state index is 11.3. The van der Waals surface area contributed by atoms with Crippen molar-refractivity contribution in [1.82, 2.24) is 10.2 Å². The summed E-state index contributed by atoms with van der Waals surface area (Å²) in [7, 11) is 4.13. The Hall–Kier alpha value is -0.890. The van der Waals surface area contributed by atoms with Gasteiger partial charge in [0, 0.05) is 25.1 Å². The van der Waals surface area contributed by atoms with Gasteiger partial charge < -0.3 is 10.2 Å². The number of hydrogen-bond acceptors (Lipinski definition) is 2. The molecule has 0 spiro atoms. The molecule has 0 aromatic heterocycles. The third-order valence-corrected chi connectivity index (χ3v) is 1.87. The smallest absolute Gasteiger partial charge is 0.250 e. The van der Waals surface area contributed by atoms with Gasteiger partial charge in [-0.3, -0.25) is 9.59 Å². The monoisotopic (exact) mass is 188 g/mol. The van der Waals surface area contributed by atoms with Gasteiger partial charge in [-0.1, -0.05) is 0 Å². The van der Waals surface area contributed by atoms with Crippen molar-refractivity contribution in [2.24, 2.45) is 0 Å². The first-order chi connectivity index (χ1) is 5.63. The lowest BCUT2D eigenvalue weighted by atomic mass is 10.3. The van der Waals surface area contributed by atoms with Gasteiger partial charge >= 0.3 is 0 Å². The Morgan fingerprint density at radius 3 is 2.67 bits per heavy atom. The Bertz CT molecular complexity index is 204. The maximum Gasteiger partial charge on any atom is 0.250 e. The molecule has 0 aromatic rings. The van der Waals surface area contributed by atoms with Crippen molar-refractivity contribution >= 4 is 21.6 Å². The van der Waals surface area contributed by atoms with E-state index < -0.39 is 0 Å². The topological polar surface area (TPSA) is 49.4 Å². The molecule has 0 fully saturated rings. The van der Waals surface area contributed by atoms with Gasteiger partial charge in [0.05, 0.1) is 0 Å². The quantitative estimate of drug-likeness (QED) is 0.381. The van der Waals surface area contributed by atoms with Crippen molar-refractivity contribution in [2.45, 2.75) is 6.92 Å². The Morgan fingerprint density at radius 2 is 2.25 bits per heavy atom. The van der Waals surface area contributed by atoms with E-state index in [-0.39, 0.29) is 5.91 Å². The van der Waals surface area contributed by atoms with E-state index in [0.29, 0.717) is 18.3 Å². The van der Waals surface area contributed by atoms with Gasteiger partial charge in [0.1, 0.15) is 0 Å². The summed E-state index contributed by atoms with van der Waals surface area (Å²) in [6.45, 7) is 1.65. The molecule has 0 bridgehead atoms. The summed E-state index contributed by atoms with van der Waals surface area (Å²) < 4.78 is 0. The zero-order valence-electron chi connectivity index (χ0n) is 7.20. The highest BCUT2D eigenvalue weighted by Crippen LogP contribution is 1.99. The Balaban J connectivity index is 4.17. The van der Waals surface area contributed by atoms with E-state index in [1.54, 1.807) is 14.0 Å². The van der Waals surface area contributed by atoms with Crippen LogP contribution in [0.4, 0.5) is 0 Å². The standard InChI is InChI=1S/C7H13N2O2P/c1-6(3-8-4-10)7(11)9(2)5-12/h3-4H,5,12H2,1-2H3,(H,8,10)/b6-3-. The molecular weight excluding hydrogens is 175 g/mol. The van der Waals surface area contributed by atoms with E-state index in [1.807, 2.05) is 0 Å². The van der Waals surface area contributed by atoms with Crippen molar-refractivity contribution in [3.8, 4) is 0 Å². The van der Waals surface area contributed by atoms with Crippen LogP contribution < -0.4 is 5.32 Å². The molecule has 1 N–H and O–H groups in total. The predicted octanol–water partition coefficient (Wildman–Crippen LogP) is -0.0728. The molecule has 68 valence electrons. The van der Waals surface area contributed by atoms with Crippen LogP contribution >= 0.6 is 9.24 Å². The number of hydrogen-bond donors (Lipinski definition) is 1. The number of likely N-dealkylation sites (N-methyl/N-ethyl adjacent to an activating group) is 1. The summed E-state index contributed by atoms with van der Waals surface area (Å²) in [6.07, 6.45) is 2.48. The molecule has 5 heteroatoms. The van der Waals surface area contributed by atoms with Crippen LogP contribution in [0.15, 0.2) is 11.8 Å². The van der Waals surface area contributed by atoms with Crippen molar-refractivity contribution in [2.75, 3.05) is 13.3 Å². The number of nitrogens with zero attached hydrogens (tertiary/aromatic N) is 1. The molecule has 0 aliphatic heterocycles. The lowest BCUT2D eigenvalue weighted by Gasteiger charge is -2.13. The Labute approximate surface area is 74.2 Å². The molecule has 0 aliphatic rings. The van der Waals surface area contributed by atoms with E-state index in [9.17, 15) is 9.59 Å². The fraction of sp³-hybridized carbons (Fsp3) is 0.429. The molecule has 0 saturated heterocycles. The first kappa shape index (κ1) is 11.1. The number of rotatable bonds is 4. The highest BCUT2D eigenvalue weighted by Gasteiger charge is 2.07. The Morgan fingerprint density at radius 1 is 1.67 bits per heavy atom. The van der Waals surface area contributed by atoms with Gasteiger partial charge in [0.2, 0.25) is 6.41 Å². The number of amides is 2. The zero-order chi connectivity index (χ0) is 9.56. The SMILES string of the molecule is C/C(=C/NC=O)C(=O)N(C)CP. The minimum Gasteiger partial charge on any atom is -0.338 e. The lowest BCUT2D eigenvalue weighted by molar-refractivity contribution is -0.125. The maximum atomic E-state index is 11.3. The van der Waals surface area contributed by atoms with E-state index in [2.05, 4.69) is 14.6 Å². The van der Waals surface area contributed by atoms with Gasteiger partial charge in [0.15, 0.2) is 0 Å². The van der Waals surface area contributed by atoms with E-state index in [0.717, 1.165) is 0 Å². The molecule has 0 aromatic carbocycles. The van der Waals surface area contributed by atoms with E-state index in [1.165, 1.54) is 11.1 Å². The van der Waals surface area contributed by atoms with Crippen LogP contribution in [-0.2, 0) is 9.59 Å². The van der Waals surface area contributed by atoms with E-state index in [4.69, 9.17) is 0 Å². The zero-order valence-corrected chi connectivity index (χ0v) is 8.36. The summed E-state index contributed by atoms with van der Waals surface area (Å²) in [6, 6.07) is 0. The number of carbonyl (C=O) groups is 2. The summed E-state index contributed by atoms with van der Waals surface area (Å²) >= 11 is 0. The van der Waals surface area contributed by atoms with Crippen LogP contribution in [0.25, 0.3) is 0 Å². The van der Waals surface area contributed by atoms with Gasteiger partial charge in [-0.05, 0) is 6.92 Å². The molecule has 12 heavy (non-hydrogen) atoms. The summed E-state index contributed by atoms with van der Waals surface area (Å²) in [5, 5.41) is 2.31. The second kappa shape index (κ2) is 5.72. The molecule has 0 rings (SSSR count). The van der Waals surface area contributed by atoms with Gasteiger partial charge in [0.25, 0.3) is 5.91 Å². The number of carbonyl (C=O) groups excluding carboxylic acids is 2. The molecule has 0 heterocycles. The minimum absolute atomic E-state index is 0.0978. The van der Waals surface area contributed by atoms with Crippen LogP contribution in [0.2, 0.25) is 0 Å². The largest absolute Gasteiger partial charge is 0.338 e. The van der Waals surface area contributed by atoms with Crippen LogP contribution in [0.3, 0.4) is 0 Å². The third-order valence-electron chi connectivity index (χ3n) is 1.33. The molecule has 1 unspecified atom stereocenters. The minimum atomic E-state index is -0.0978. The molecular formula is C7H13N2O2P. The second-order valence-electron chi connectivity index (χ2n) is 2.30. The van der Waals surface area contributed by atoms with Gasteiger partial charge in [-0.25, -0.2) is 0 Å². The average molecular weight is 188 g/mol. The third kappa shape index (κ3) is 3.49. The fourth-order valence-corrected chi connectivity index (χ4v) is 0.771. The summed E-state index contributed by atoms with van der Waals surface area (Å²) in [4.78, 5) is 22.7. The lowest BCUT2D eigenvalue weighted by Crippen LogP contribution is -2.26. The van der Waals surface area contributed by atoms with Crippen LogP contribution in [-0.4, -0.2) is 30.6 Å². The summed E-state index contributed by atoms with van der Waals surface area (Å²) in [5.41, 5.74) is 0.507. The fourth-order valence-electron chi connectivity index (χ4n) is 0.605. The van der Waals surface area contributed by atoms with Crippen molar-refractivity contribution in [3.05, 3.63) is 11.8 Å². The predicted molar refractivity (Wildman–Crippen MR) is 50.3 cm³/mol. The molecule has 4 nitrogen and oxygen atoms in total. The molecule has 2 amide bonds. The second-order valence-corrected chi connectivity index (χ2v) is 2.66. The van der Waals surface area contributed by atoms with Crippen LogP contribution in [0.5, 0.6) is 0 Å². The Kier molecular flexibility index (Phi) is 5.30. The number of nitrogens with one attached hydrogen (secondary N) is 1. The highest BCUT2D eigenvalue weighted by atomic mass is 31.0. The molecule has 0 saturated carbocycles. The van der Waals surface area contributed by atoms with Crippen molar-refractivity contribution < 1.29 is 9.59 Å². The molecule has 0 radical (unpaired) electrons. The summed E-state index contributed by atoms with van der Waals surface area (Å²) in [5.74, 6) is -0.0978. The molecule has 0 aliphatic carbocycles. The van der Waals surface area contributed by atoms with Gasteiger partial charge in [-0.2, -0.15) is 0 Å². The van der Waals surface area contributed by atoms with Crippen LogP contribution in [0.1, 0.15) is 6.92 Å². The van der Waals surface area contributed by atoms with Crippen molar-refractivity contribution in [1.29, 1.82) is 0 Å². The highest BCUT2D eigenvalue weighted by molar-refractivity contribution is 7.16. The van der Waals surface area contributed by atoms with Crippen LogP contribution in [0, 0.1) is 0 Å². The van der Waals surface area contributed by atoms with Gasteiger partial charge in [-0.15, -0.1) is 9.24 Å². The normalized spacial score (nSPS) is 10.8. The molecule has 1 atom stereocenters. The first-order valence-electron chi connectivity index (χ1n) is 3.45. The average Bonchev–Trinajstić information content (AvgIpc) is 2.11.